The molecule has 3 rings (SSSR count). The van der Waals surface area contributed by atoms with Gasteiger partial charge in [0.05, 0.1) is 11.3 Å². The van der Waals surface area contributed by atoms with E-state index in [-0.39, 0.29) is 22.6 Å². The van der Waals surface area contributed by atoms with Crippen molar-refractivity contribution < 1.29 is 24.5 Å². The van der Waals surface area contributed by atoms with Crippen molar-refractivity contribution in [1.29, 1.82) is 0 Å². The molecule has 0 aliphatic carbocycles. The van der Waals surface area contributed by atoms with Crippen LogP contribution in [0.3, 0.4) is 0 Å². The second kappa shape index (κ2) is 5.73. The summed E-state index contributed by atoms with van der Waals surface area (Å²) in [6, 6.07) is 10.3. The van der Waals surface area contributed by atoms with Crippen LogP contribution in [0, 0.1) is 0 Å². The number of carbonyl (C=O) groups is 1. The first-order valence-corrected chi connectivity index (χ1v) is 7.20. The van der Waals surface area contributed by atoms with Crippen LogP contribution in [0.1, 0.15) is 18.4 Å². The van der Waals surface area contributed by atoms with E-state index in [2.05, 4.69) is 0 Å². The van der Waals surface area contributed by atoms with Gasteiger partial charge in [0.15, 0.2) is 0 Å². The summed E-state index contributed by atoms with van der Waals surface area (Å²) in [5.41, 5.74) is 0.233. The Labute approximate surface area is 136 Å². The minimum Gasteiger partial charge on any atom is -0.508 e. The Morgan fingerprint density at radius 2 is 1.75 bits per heavy atom. The lowest BCUT2D eigenvalue weighted by Gasteiger charge is -2.10. The monoisotopic (exact) mass is 326 g/mol. The van der Waals surface area contributed by atoms with E-state index in [0.29, 0.717) is 16.5 Å². The number of carboxylic acid groups (broad SMARTS) is 1. The van der Waals surface area contributed by atoms with Crippen molar-refractivity contribution >= 4 is 16.9 Å². The summed E-state index contributed by atoms with van der Waals surface area (Å²) in [4.78, 5) is 23.3. The maximum atomic E-state index is 12.2. The predicted molar refractivity (Wildman–Crippen MR) is 87.3 cm³/mol. The lowest BCUT2D eigenvalue weighted by Crippen LogP contribution is -2.08. The van der Waals surface area contributed by atoms with E-state index in [1.807, 2.05) is 0 Å². The average Bonchev–Trinajstić information content (AvgIpc) is 2.55. The number of carboxylic acids is 1. The van der Waals surface area contributed by atoms with Gasteiger partial charge in [0, 0.05) is 0 Å². The predicted octanol–water partition coefficient (Wildman–Crippen LogP) is 3.06. The van der Waals surface area contributed by atoms with Crippen LogP contribution in [0.4, 0.5) is 0 Å². The molecule has 24 heavy (non-hydrogen) atoms. The van der Waals surface area contributed by atoms with Gasteiger partial charge >= 0.3 is 11.6 Å². The highest BCUT2D eigenvalue weighted by Crippen LogP contribution is 2.34. The molecule has 0 spiro atoms. The molecule has 0 aliphatic rings. The summed E-state index contributed by atoms with van der Waals surface area (Å²) in [7, 11) is 0. The standard InChI is InChI=1S/C18H14O6/c1-9(17(21)22)11-4-7-13-14(8-11)24-18(23)15(16(13)20)10-2-5-12(19)6-3-10/h2-9,19-20H,1H3,(H,21,22). The number of benzene rings is 2. The fourth-order valence-electron chi connectivity index (χ4n) is 2.50. The molecule has 1 aromatic heterocycles. The second-order valence-corrected chi connectivity index (χ2v) is 5.48. The summed E-state index contributed by atoms with van der Waals surface area (Å²) in [6.45, 7) is 1.52. The fraction of sp³-hybridized carbons (Fsp3) is 0.111. The summed E-state index contributed by atoms with van der Waals surface area (Å²) in [5, 5.41) is 29.2. The van der Waals surface area contributed by atoms with Gasteiger partial charge < -0.3 is 19.7 Å². The molecule has 0 bridgehead atoms. The number of phenolic OH excluding ortho intramolecular Hbond substituents is 1. The van der Waals surface area contributed by atoms with E-state index in [4.69, 9.17) is 9.52 Å². The van der Waals surface area contributed by atoms with E-state index < -0.39 is 17.5 Å². The topological polar surface area (TPSA) is 108 Å². The van der Waals surface area contributed by atoms with Crippen LogP contribution in [-0.4, -0.2) is 21.3 Å². The van der Waals surface area contributed by atoms with E-state index in [1.165, 1.54) is 43.3 Å². The van der Waals surface area contributed by atoms with Gasteiger partial charge in [-0.15, -0.1) is 0 Å². The van der Waals surface area contributed by atoms with Crippen LogP contribution in [0.5, 0.6) is 11.5 Å². The summed E-state index contributed by atoms with van der Waals surface area (Å²) < 4.78 is 5.26. The lowest BCUT2D eigenvalue weighted by molar-refractivity contribution is -0.138. The molecule has 0 saturated heterocycles. The molecule has 0 fully saturated rings. The quantitative estimate of drug-likeness (QED) is 0.638. The van der Waals surface area contributed by atoms with Gasteiger partial charge in [-0.1, -0.05) is 18.2 Å². The van der Waals surface area contributed by atoms with Crippen LogP contribution in [0.15, 0.2) is 51.7 Å². The number of aliphatic carboxylic acids is 1. The zero-order valence-electron chi connectivity index (χ0n) is 12.7. The summed E-state index contributed by atoms with van der Waals surface area (Å²) >= 11 is 0. The number of hydrogen-bond acceptors (Lipinski definition) is 5. The molecular formula is C18H14O6. The summed E-state index contributed by atoms with van der Waals surface area (Å²) in [5.74, 6) is -1.97. The average molecular weight is 326 g/mol. The van der Waals surface area contributed by atoms with Crippen molar-refractivity contribution in [1.82, 2.24) is 0 Å². The highest BCUT2D eigenvalue weighted by Gasteiger charge is 2.19. The highest BCUT2D eigenvalue weighted by atomic mass is 16.4. The molecule has 1 atom stereocenters. The van der Waals surface area contributed by atoms with Gasteiger partial charge in [0.1, 0.15) is 22.6 Å². The first-order valence-electron chi connectivity index (χ1n) is 7.20. The minimum absolute atomic E-state index is 0.0125. The molecule has 0 saturated carbocycles. The molecule has 1 heterocycles. The third kappa shape index (κ3) is 2.58. The smallest absolute Gasteiger partial charge is 0.347 e. The SMILES string of the molecule is CC(C(=O)O)c1ccc2c(O)c(-c3ccc(O)cc3)c(=O)oc2c1. The van der Waals surface area contributed by atoms with Crippen molar-refractivity contribution in [3.8, 4) is 22.6 Å². The molecule has 2 aromatic carbocycles. The van der Waals surface area contributed by atoms with Gasteiger partial charge in [0.2, 0.25) is 0 Å². The highest BCUT2D eigenvalue weighted by molar-refractivity contribution is 5.91. The Kier molecular flexibility index (Phi) is 3.73. The zero-order chi connectivity index (χ0) is 17.4. The molecule has 6 nitrogen and oxygen atoms in total. The fourth-order valence-corrected chi connectivity index (χ4v) is 2.50. The number of aromatic hydroxyl groups is 2. The Balaban J connectivity index is 2.21. The molecular weight excluding hydrogens is 312 g/mol. The Hall–Kier alpha value is -3.28. The van der Waals surface area contributed by atoms with E-state index in [9.17, 15) is 19.8 Å². The molecule has 6 heteroatoms. The van der Waals surface area contributed by atoms with Gasteiger partial charge in [-0.05, 0) is 42.3 Å². The van der Waals surface area contributed by atoms with Crippen molar-refractivity contribution in [2.45, 2.75) is 12.8 Å². The molecule has 0 aliphatic heterocycles. The van der Waals surface area contributed by atoms with Crippen LogP contribution in [0.25, 0.3) is 22.1 Å². The Bertz CT molecular complexity index is 985. The first kappa shape index (κ1) is 15.6. The second-order valence-electron chi connectivity index (χ2n) is 5.48. The molecule has 3 N–H and O–H groups in total. The number of fused-ring (bicyclic) bond motifs is 1. The van der Waals surface area contributed by atoms with Crippen molar-refractivity contribution in [2.75, 3.05) is 0 Å². The number of phenols is 1. The number of hydrogen-bond donors (Lipinski definition) is 3. The van der Waals surface area contributed by atoms with Crippen molar-refractivity contribution in [3.63, 3.8) is 0 Å². The maximum Gasteiger partial charge on any atom is 0.347 e. The Morgan fingerprint density at radius 3 is 2.38 bits per heavy atom. The molecule has 122 valence electrons. The largest absolute Gasteiger partial charge is 0.508 e. The number of rotatable bonds is 3. The van der Waals surface area contributed by atoms with E-state index in [1.54, 1.807) is 6.07 Å². The van der Waals surface area contributed by atoms with Crippen LogP contribution in [-0.2, 0) is 4.79 Å². The third-order valence-corrected chi connectivity index (χ3v) is 3.93. The molecule has 0 amide bonds. The molecule has 3 aromatic rings. The van der Waals surface area contributed by atoms with Crippen LogP contribution in [0.2, 0.25) is 0 Å². The zero-order valence-corrected chi connectivity index (χ0v) is 12.7. The molecule has 1 unspecified atom stereocenters. The Morgan fingerprint density at radius 1 is 1.08 bits per heavy atom. The van der Waals surface area contributed by atoms with Gasteiger partial charge in [-0.3, -0.25) is 4.79 Å². The summed E-state index contributed by atoms with van der Waals surface area (Å²) in [6.07, 6.45) is 0. The maximum absolute atomic E-state index is 12.2. The van der Waals surface area contributed by atoms with Gasteiger partial charge in [-0.25, -0.2) is 4.79 Å². The first-order chi connectivity index (χ1) is 11.4. The lowest BCUT2D eigenvalue weighted by atomic mass is 9.98. The molecule has 0 radical (unpaired) electrons. The van der Waals surface area contributed by atoms with Gasteiger partial charge in [0.25, 0.3) is 0 Å². The minimum atomic E-state index is -0.998. The third-order valence-electron chi connectivity index (χ3n) is 3.93. The van der Waals surface area contributed by atoms with Crippen LogP contribution >= 0.6 is 0 Å². The van der Waals surface area contributed by atoms with Crippen molar-refractivity contribution in [3.05, 3.63) is 58.4 Å². The van der Waals surface area contributed by atoms with E-state index in [0.717, 1.165) is 0 Å². The van der Waals surface area contributed by atoms with Crippen LogP contribution < -0.4 is 5.63 Å². The van der Waals surface area contributed by atoms with Crippen molar-refractivity contribution in [2.24, 2.45) is 0 Å². The normalized spacial score (nSPS) is 12.2. The van der Waals surface area contributed by atoms with Gasteiger partial charge in [-0.2, -0.15) is 0 Å². The van der Waals surface area contributed by atoms with E-state index >= 15 is 0 Å².